The normalized spacial score (nSPS) is 10.8. The third-order valence-corrected chi connectivity index (χ3v) is 5.74. The van der Waals surface area contributed by atoms with Crippen LogP contribution >= 0.6 is 0 Å². The van der Waals surface area contributed by atoms with Gasteiger partial charge in [-0.05, 0) is 65.0 Å². The fourth-order valence-corrected chi connectivity index (χ4v) is 3.53. The fraction of sp³-hybridized carbons (Fsp3) is 0.926. The lowest BCUT2D eigenvalue weighted by atomic mass is 9.94. The summed E-state index contributed by atoms with van der Waals surface area (Å²) in [4.78, 5) is 22.7. The lowest BCUT2D eigenvalue weighted by molar-refractivity contribution is -0.123. The molecule has 0 amide bonds. The summed E-state index contributed by atoms with van der Waals surface area (Å²) in [5, 5.41) is 3.43. The van der Waals surface area contributed by atoms with Gasteiger partial charge in [-0.1, -0.05) is 59.8 Å². The van der Waals surface area contributed by atoms with Crippen LogP contribution in [-0.2, 0) is 14.3 Å². The number of nitrogens with one attached hydrogen (secondary N) is 1. The number of Topliss-reactive ketones (excluding diaryl/α,β-unsaturated/α-hetero) is 2. The van der Waals surface area contributed by atoms with Crippen LogP contribution in [0.2, 0.25) is 0 Å². The minimum Gasteiger partial charge on any atom is -0.382 e. The largest absolute Gasteiger partial charge is 0.382 e. The van der Waals surface area contributed by atoms with Crippen molar-refractivity contribution in [2.24, 2.45) is 5.92 Å². The number of carbonyl (C=O) groups excluding carboxylic acids is 2. The highest BCUT2D eigenvalue weighted by Crippen LogP contribution is 2.14. The Balaban J connectivity index is 0. The van der Waals surface area contributed by atoms with Gasteiger partial charge in [0.05, 0.1) is 0 Å². The molecule has 0 aromatic carbocycles. The molecule has 0 aromatic heterocycles. The first kappa shape index (κ1) is 32.4. The van der Waals surface area contributed by atoms with Crippen molar-refractivity contribution in [3.8, 4) is 0 Å². The Morgan fingerprint density at radius 2 is 1.29 bits per heavy atom. The molecule has 0 unspecified atom stereocenters. The Hall–Kier alpha value is -0.740. The second-order valence-corrected chi connectivity index (χ2v) is 8.50. The van der Waals surface area contributed by atoms with Gasteiger partial charge in [-0.2, -0.15) is 0 Å². The first-order valence-corrected chi connectivity index (χ1v) is 13.4. The maximum Gasteiger partial charge on any atom is 0.135 e. The van der Waals surface area contributed by atoms with E-state index in [1.165, 1.54) is 45.1 Å². The van der Waals surface area contributed by atoms with E-state index in [-0.39, 0.29) is 0 Å². The van der Waals surface area contributed by atoms with Crippen LogP contribution in [0.25, 0.3) is 0 Å². The monoisotopic (exact) mass is 441 g/mol. The molecule has 0 atom stereocenters. The molecule has 0 aromatic rings. The molecule has 186 valence electrons. The van der Waals surface area contributed by atoms with Crippen molar-refractivity contribution in [2.45, 2.75) is 131 Å². The third-order valence-electron chi connectivity index (χ3n) is 5.74. The van der Waals surface area contributed by atoms with Gasteiger partial charge >= 0.3 is 0 Å². The minimum atomic E-state index is 0.324. The molecule has 0 spiro atoms. The summed E-state index contributed by atoms with van der Waals surface area (Å²) in [5.74, 6) is 1.20. The molecule has 0 rings (SSSR count). The Morgan fingerprint density at radius 1 is 0.710 bits per heavy atom. The lowest BCUT2D eigenvalue weighted by Crippen LogP contribution is -2.15. The van der Waals surface area contributed by atoms with Crippen molar-refractivity contribution < 1.29 is 14.3 Å². The SMILES string of the molecule is CCCNCCCCCCCCC(=O)C(CC)CC.CCOCCCCCC(=O)CC. The summed E-state index contributed by atoms with van der Waals surface area (Å²) in [5.41, 5.74) is 0. The zero-order chi connectivity index (χ0) is 23.6. The van der Waals surface area contributed by atoms with Crippen LogP contribution in [0, 0.1) is 5.92 Å². The van der Waals surface area contributed by atoms with Crippen molar-refractivity contribution in [2.75, 3.05) is 26.3 Å². The van der Waals surface area contributed by atoms with E-state index in [0.29, 0.717) is 23.9 Å². The summed E-state index contributed by atoms with van der Waals surface area (Å²) in [6.45, 7) is 14.3. The molecule has 0 fully saturated rings. The van der Waals surface area contributed by atoms with Crippen molar-refractivity contribution in [3.05, 3.63) is 0 Å². The summed E-state index contributed by atoms with van der Waals surface area (Å²) >= 11 is 0. The molecule has 0 aliphatic heterocycles. The second kappa shape index (κ2) is 27.3. The van der Waals surface area contributed by atoms with E-state index in [1.54, 1.807) is 0 Å². The predicted molar refractivity (Wildman–Crippen MR) is 135 cm³/mol. The van der Waals surface area contributed by atoms with Gasteiger partial charge in [0.15, 0.2) is 0 Å². The summed E-state index contributed by atoms with van der Waals surface area (Å²) < 4.78 is 5.18. The van der Waals surface area contributed by atoms with Crippen LogP contribution in [0.5, 0.6) is 0 Å². The van der Waals surface area contributed by atoms with Crippen molar-refractivity contribution in [1.29, 1.82) is 0 Å². The zero-order valence-corrected chi connectivity index (χ0v) is 21.7. The van der Waals surface area contributed by atoms with Gasteiger partial charge < -0.3 is 10.1 Å². The van der Waals surface area contributed by atoms with Crippen molar-refractivity contribution >= 4 is 11.6 Å². The quantitative estimate of drug-likeness (QED) is 0.179. The molecule has 0 aliphatic rings. The number of unbranched alkanes of at least 4 members (excludes halogenated alkanes) is 7. The Kier molecular flexibility index (Phi) is 28.6. The van der Waals surface area contributed by atoms with E-state index in [2.05, 4.69) is 26.1 Å². The molecule has 0 radical (unpaired) electrons. The maximum absolute atomic E-state index is 11.8. The molecule has 0 aliphatic carbocycles. The summed E-state index contributed by atoms with van der Waals surface area (Å²) in [6.07, 6.45) is 16.3. The highest BCUT2D eigenvalue weighted by Gasteiger charge is 2.12. The number of ether oxygens (including phenoxy) is 1. The zero-order valence-electron chi connectivity index (χ0n) is 21.7. The Morgan fingerprint density at radius 3 is 1.87 bits per heavy atom. The molecular formula is C27H55NO3. The van der Waals surface area contributed by atoms with E-state index in [1.807, 2.05) is 13.8 Å². The summed E-state index contributed by atoms with van der Waals surface area (Å²) in [6, 6.07) is 0. The van der Waals surface area contributed by atoms with Crippen LogP contribution in [0.1, 0.15) is 131 Å². The van der Waals surface area contributed by atoms with Crippen LogP contribution in [-0.4, -0.2) is 37.9 Å². The molecule has 4 heteroatoms. The van der Waals surface area contributed by atoms with E-state index in [4.69, 9.17) is 4.74 Å². The van der Waals surface area contributed by atoms with Crippen molar-refractivity contribution in [3.63, 3.8) is 0 Å². The lowest BCUT2D eigenvalue weighted by Gasteiger charge is -2.10. The van der Waals surface area contributed by atoms with Gasteiger partial charge in [-0.25, -0.2) is 0 Å². The second-order valence-electron chi connectivity index (χ2n) is 8.50. The molecule has 0 heterocycles. The van der Waals surface area contributed by atoms with Gasteiger partial charge in [0.25, 0.3) is 0 Å². The first-order valence-electron chi connectivity index (χ1n) is 13.4. The van der Waals surface area contributed by atoms with Gasteiger partial charge in [0.1, 0.15) is 11.6 Å². The topological polar surface area (TPSA) is 55.4 Å². The van der Waals surface area contributed by atoms with E-state index < -0.39 is 0 Å². The van der Waals surface area contributed by atoms with Crippen molar-refractivity contribution in [1.82, 2.24) is 5.32 Å². The van der Waals surface area contributed by atoms with E-state index in [9.17, 15) is 9.59 Å². The highest BCUT2D eigenvalue weighted by molar-refractivity contribution is 5.80. The Bertz CT molecular complexity index is 381. The number of ketones is 2. The number of carbonyl (C=O) groups is 2. The minimum absolute atomic E-state index is 0.324. The van der Waals surface area contributed by atoms with Crippen LogP contribution in [0.15, 0.2) is 0 Å². The molecule has 0 saturated heterocycles. The molecule has 0 bridgehead atoms. The fourth-order valence-electron chi connectivity index (χ4n) is 3.53. The van der Waals surface area contributed by atoms with Crippen LogP contribution < -0.4 is 5.32 Å². The highest BCUT2D eigenvalue weighted by atomic mass is 16.5. The van der Waals surface area contributed by atoms with Gasteiger partial charge in [-0.15, -0.1) is 0 Å². The number of rotatable bonds is 22. The average Bonchev–Trinajstić information content (AvgIpc) is 2.78. The number of hydrogen-bond acceptors (Lipinski definition) is 4. The van der Waals surface area contributed by atoms with Crippen LogP contribution in [0.4, 0.5) is 0 Å². The molecule has 1 N–H and O–H groups in total. The standard InChI is InChI=1S/C17H35NO.C10H20O2/c1-4-14-18-15-12-10-8-7-9-11-13-17(19)16(5-2)6-3;1-3-10(11)8-6-5-7-9-12-4-2/h16,18H,4-15H2,1-3H3;3-9H2,1-2H3. The first-order chi connectivity index (χ1) is 15.1. The molecular weight excluding hydrogens is 386 g/mol. The summed E-state index contributed by atoms with van der Waals surface area (Å²) in [7, 11) is 0. The van der Waals surface area contributed by atoms with Gasteiger partial charge in [0.2, 0.25) is 0 Å². The van der Waals surface area contributed by atoms with Gasteiger partial charge in [0, 0.05) is 38.4 Å². The maximum atomic E-state index is 11.8. The van der Waals surface area contributed by atoms with E-state index >= 15 is 0 Å². The molecule has 0 saturated carbocycles. The van der Waals surface area contributed by atoms with Gasteiger partial charge in [-0.3, -0.25) is 9.59 Å². The number of hydrogen-bond donors (Lipinski definition) is 1. The predicted octanol–water partition coefficient (Wildman–Crippen LogP) is 7.28. The third kappa shape index (κ3) is 25.4. The molecule has 4 nitrogen and oxygen atoms in total. The molecule has 31 heavy (non-hydrogen) atoms. The van der Waals surface area contributed by atoms with Crippen LogP contribution in [0.3, 0.4) is 0 Å². The van der Waals surface area contributed by atoms with E-state index in [0.717, 1.165) is 71.1 Å². The average molecular weight is 442 g/mol. The Labute approximate surface area is 194 Å². The smallest absolute Gasteiger partial charge is 0.135 e.